The molecule has 4 nitrogen and oxygen atoms in total. The lowest BCUT2D eigenvalue weighted by Crippen LogP contribution is -2.25. The fraction of sp³-hybridized carbons (Fsp3) is 0.600. The molecule has 1 N–H and O–H groups in total. The number of hydrogen-bond acceptors (Lipinski definition) is 4. The molecule has 108 valence electrons. The second kappa shape index (κ2) is 5.66. The number of aromatic amines is 1. The lowest BCUT2D eigenvalue weighted by molar-refractivity contribution is 0.288. The molecular formula is C15H21N3OS. The molecule has 0 amide bonds. The Balaban J connectivity index is 2.04. The Kier molecular flexibility index (Phi) is 3.89. The van der Waals surface area contributed by atoms with Crippen LogP contribution < -0.4 is 5.56 Å². The number of rotatable bonds is 4. The van der Waals surface area contributed by atoms with Gasteiger partial charge < -0.3 is 4.98 Å². The number of aromatic nitrogens is 2. The minimum Gasteiger partial charge on any atom is -0.309 e. The first-order valence-electron chi connectivity index (χ1n) is 7.48. The van der Waals surface area contributed by atoms with Gasteiger partial charge in [0, 0.05) is 4.88 Å². The van der Waals surface area contributed by atoms with Gasteiger partial charge in [0.05, 0.1) is 11.9 Å². The van der Waals surface area contributed by atoms with Crippen LogP contribution in [0.25, 0.3) is 10.2 Å². The van der Waals surface area contributed by atoms with Crippen LogP contribution in [0.3, 0.4) is 0 Å². The average molecular weight is 291 g/mol. The standard InChI is InChI=1S/C15H21N3OS/c1-3-18(4-2)9-12-16-14(19)13-10-7-5-6-8-11(10)20-15(13)17-12/h3-9H2,1-2H3,(H,16,17,19). The molecule has 0 aromatic carbocycles. The van der Waals surface area contributed by atoms with Gasteiger partial charge in [-0.2, -0.15) is 0 Å². The Morgan fingerprint density at radius 3 is 2.75 bits per heavy atom. The molecule has 1 aliphatic rings. The quantitative estimate of drug-likeness (QED) is 0.942. The molecule has 0 atom stereocenters. The summed E-state index contributed by atoms with van der Waals surface area (Å²) in [6.07, 6.45) is 4.58. The van der Waals surface area contributed by atoms with Crippen LogP contribution in [0.2, 0.25) is 0 Å². The van der Waals surface area contributed by atoms with E-state index in [4.69, 9.17) is 4.98 Å². The Hall–Kier alpha value is -1.20. The zero-order chi connectivity index (χ0) is 14.1. The minimum absolute atomic E-state index is 0.0524. The first kappa shape index (κ1) is 13.8. The Morgan fingerprint density at radius 1 is 1.25 bits per heavy atom. The molecular weight excluding hydrogens is 270 g/mol. The van der Waals surface area contributed by atoms with Crippen molar-refractivity contribution in [3.05, 3.63) is 26.6 Å². The predicted molar refractivity (Wildman–Crippen MR) is 83.5 cm³/mol. The van der Waals surface area contributed by atoms with Crippen LogP contribution in [-0.2, 0) is 19.4 Å². The maximum Gasteiger partial charge on any atom is 0.259 e. The van der Waals surface area contributed by atoms with Gasteiger partial charge in [-0.15, -0.1) is 11.3 Å². The second-order valence-electron chi connectivity index (χ2n) is 5.37. The zero-order valence-electron chi connectivity index (χ0n) is 12.2. The predicted octanol–water partition coefficient (Wildman–Crippen LogP) is 2.71. The summed E-state index contributed by atoms with van der Waals surface area (Å²) >= 11 is 1.72. The molecule has 0 saturated heterocycles. The van der Waals surface area contributed by atoms with Crippen LogP contribution >= 0.6 is 11.3 Å². The van der Waals surface area contributed by atoms with Gasteiger partial charge in [-0.05, 0) is 44.3 Å². The van der Waals surface area contributed by atoms with E-state index in [0.29, 0.717) is 0 Å². The zero-order valence-corrected chi connectivity index (χ0v) is 13.0. The third-order valence-electron chi connectivity index (χ3n) is 4.14. The molecule has 0 fully saturated rings. The van der Waals surface area contributed by atoms with Crippen LogP contribution in [0.15, 0.2) is 4.79 Å². The number of aryl methyl sites for hydroxylation is 2. The van der Waals surface area contributed by atoms with E-state index >= 15 is 0 Å². The van der Waals surface area contributed by atoms with Gasteiger partial charge in [0.25, 0.3) is 5.56 Å². The molecule has 2 heterocycles. The van der Waals surface area contributed by atoms with Crippen LogP contribution in [0.5, 0.6) is 0 Å². The van der Waals surface area contributed by atoms with Gasteiger partial charge in [0.15, 0.2) is 0 Å². The topological polar surface area (TPSA) is 49.0 Å². The fourth-order valence-electron chi connectivity index (χ4n) is 2.94. The molecule has 0 unspecified atom stereocenters. The van der Waals surface area contributed by atoms with Crippen LogP contribution in [0, 0.1) is 0 Å². The van der Waals surface area contributed by atoms with Crippen molar-refractivity contribution in [1.29, 1.82) is 0 Å². The number of nitrogens with zero attached hydrogens (tertiary/aromatic N) is 2. The molecule has 2 aromatic heterocycles. The van der Waals surface area contributed by atoms with Crippen LogP contribution in [0.4, 0.5) is 0 Å². The van der Waals surface area contributed by atoms with E-state index in [2.05, 4.69) is 23.7 Å². The van der Waals surface area contributed by atoms with Crippen molar-refractivity contribution in [2.45, 2.75) is 46.1 Å². The molecule has 0 saturated carbocycles. The van der Waals surface area contributed by atoms with Crippen molar-refractivity contribution in [3.63, 3.8) is 0 Å². The van der Waals surface area contributed by atoms with Gasteiger partial charge in [-0.3, -0.25) is 9.69 Å². The second-order valence-corrected chi connectivity index (χ2v) is 6.45. The summed E-state index contributed by atoms with van der Waals surface area (Å²) in [5.41, 5.74) is 1.32. The van der Waals surface area contributed by atoms with Crippen molar-refractivity contribution in [3.8, 4) is 0 Å². The molecule has 0 bridgehead atoms. The van der Waals surface area contributed by atoms with E-state index in [9.17, 15) is 4.79 Å². The smallest absolute Gasteiger partial charge is 0.259 e. The third kappa shape index (κ3) is 2.40. The molecule has 0 spiro atoms. The van der Waals surface area contributed by atoms with E-state index in [1.165, 1.54) is 23.3 Å². The summed E-state index contributed by atoms with van der Waals surface area (Å²) in [6, 6.07) is 0. The largest absolute Gasteiger partial charge is 0.309 e. The summed E-state index contributed by atoms with van der Waals surface area (Å²) in [5, 5.41) is 0.855. The van der Waals surface area contributed by atoms with Gasteiger partial charge in [0.2, 0.25) is 0 Å². The van der Waals surface area contributed by atoms with Crippen molar-refractivity contribution in [2.75, 3.05) is 13.1 Å². The molecule has 3 rings (SSSR count). The van der Waals surface area contributed by atoms with Gasteiger partial charge in [-0.1, -0.05) is 13.8 Å². The van der Waals surface area contributed by atoms with E-state index in [1.54, 1.807) is 11.3 Å². The molecule has 0 radical (unpaired) electrons. The molecule has 0 aliphatic heterocycles. The first-order chi connectivity index (χ1) is 9.72. The van der Waals surface area contributed by atoms with Gasteiger partial charge >= 0.3 is 0 Å². The summed E-state index contributed by atoms with van der Waals surface area (Å²) in [5.74, 6) is 0.796. The Morgan fingerprint density at radius 2 is 2.00 bits per heavy atom. The maximum atomic E-state index is 12.4. The molecule has 5 heteroatoms. The number of nitrogens with one attached hydrogen (secondary N) is 1. The highest BCUT2D eigenvalue weighted by molar-refractivity contribution is 7.18. The van der Waals surface area contributed by atoms with E-state index in [1.807, 2.05) is 0 Å². The monoisotopic (exact) mass is 291 g/mol. The molecule has 1 aliphatic carbocycles. The van der Waals surface area contributed by atoms with Crippen LogP contribution in [-0.4, -0.2) is 28.0 Å². The highest BCUT2D eigenvalue weighted by atomic mass is 32.1. The number of hydrogen-bond donors (Lipinski definition) is 1. The third-order valence-corrected chi connectivity index (χ3v) is 5.33. The Labute approximate surface area is 122 Å². The first-order valence-corrected chi connectivity index (χ1v) is 8.30. The number of thiophene rings is 1. The van der Waals surface area contributed by atoms with Crippen LogP contribution in [0.1, 0.15) is 43.0 Å². The summed E-state index contributed by atoms with van der Waals surface area (Å²) in [7, 11) is 0. The van der Waals surface area contributed by atoms with Crippen molar-refractivity contribution >= 4 is 21.6 Å². The van der Waals surface area contributed by atoms with E-state index in [0.717, 1.165) is 48.5 Å². The highest BCUT2D eigenvalue weighted by Crippen LogP contribution is 2.33. The highest BCUT2D eigenvalue weighted by Gasteiger charge is 2.19. The summed E-state index contributed by atoms with van der Waals surface area (Å²) in [4.78, 5) is 24.6. The summed E-state index contributed by atoms with van der Waals surface area (Å²) < 4.78 is 0. The van der Waals surface area contributed by atoms with E-state index in [-0.39, 0.29) is 5.56 Å². The van der Waals surface area contributed by atoms with Crippen molar-refractivity contribution < 1.29 is 0 Å². The summed E-state index contributed by atoms with van der Waals surface area (Å²) in [6.45, 7) is 6.92. The number of fused-ring (bicyclic) bond motifs is 3. The average Bonchev–Trinajstić information content (AvgIpc) is 2.83. The van der Waals surface area contributed by atoms with Gasteiger partial charge in [0.1, 0.15) is 10.7 Å². The fourth-order valence-corrected chi connectivity index (χ4v) is 4.22. The Bertz CT molecular complexity index is 670. The van der Waals surface area contributed by atoms with E-state index < -0.39 is 0 Å². The lowest BCUT2D eigenvalue weighted by Gasteiger charge is -2.16. The molecule has 2 aromatic rings. The van der Waals surface area contributed by atoms with Crippen molar-refractivity contribution in [1.82, 2.24) is 14.9 Å². The maximum absolute atomic E-state index is 12.4. The van der Waals surface area contributed by atoms with Crippen molar-refractivity contribution in [2.24, 2.45) is 0 Å². The normalized spacial score (nSPS) is 14.9. The lowest BCUT2D eigenvalue weighted by atomic mass is 9.97. The molecule has 20 heavy (non-hydrogen) atoms. The minimum atomic E-state index is 0.0524. The number of H-pyrrole nitrogens is 1. The SMILES string of the molecule is CCN(CC)Cc1nc2sc3c(c2c(=O)[nH]1)CCCC3. The van der Waals surface area contributed by atoms with Gasteiger partial charge in [-0.25, -0.2) is 4.98 Å².